The standard InChI is InChI=1S/C12H19F3N2O3/c1-11(2,3)20-10(19)17-6-4-16(5-7-17)9(18)8-12(13,14)15/h4-8H2,1-3H3. The summed E-state index contributed by atoms with van der Waals surface area (Å²) in [5.74, 6) is -0.957. The molecular formula is C12H19F3N2O3. The van der Waals surface area contributed by atoms with Crippen LogP contribution in [0.3, 0.4) is 0 Å². The summed E-state index contributed by atoms with van der Waals surface area (Å²) < 4.78 is 41.5. The fourth-order valence-electron chi connectivity index (χ4n) is 1.75. The normalized spacial score (nSPS) is 17.1. The Balaban J connectivity index is 2.44. The van der Waals surface area contributed by atoms with Crippen LogP contribution in [0.4, 0.5) is 18.0 Å². The predicted molar refractivity (Wildman–Crippen MR) is 65.1 cm³/mol. The zero-order valence-electron chi connectivity index (χ0n) is 11.8. The smallest absolute Gasteiger partial charge is 0.410 e. The van der Waals surface area contributed by atoms with E-state index in [0.29, 0.717) is 0 Å². The van der Waals surface area contributed by atoms with Gasteiger partial charge in [-0.05, 0) is 20.8 Å². The van der Waals surface area contributed by atoms with E-state index in [2.05, 4.69) is 0 Å². The average molecular weight is 296 g/mol. The molecule has 0 bridgehead atoms. The van der Waals surface area contributed by atoms with E-state index >= 15 is 0 Å². The van der Waals surface area contributed by atoms with Crippen molar-refractivity contribution in [3.63, 3.8) is 0 Å². The van der Waals surface area contributed by atoms with Crippen LogP contribution in [0.25, 0.3) is 0 Å². The number of amides is 2. The van der Waals surface area contributed by atoms with Crippen LogP contribution in [0.15, 0.2) is 0 Å². The molecule has 0 aromatic heterocycles. The van der Waals surface area contributed by atoms with Crippen molar-refractivity contribution in [1.82, 2.24) is 9.80 Å². The number of carbonyl (C=O) groups excluding carboxylic acids is 2. The van der Waals surface area contributed by atoms with E-state index in [1.54, 1.807) is 20.8 Å². The van der Waals surface area contributed by atoms with Gasteiger partial charge in [0.05, 0.1) is 0 Å². The molecule has 0 aromatic carbocycles. The van der Waals surface area contributed by atoms with Gasteiger partial charge in [-0.25, -0.2) is 4.79 Å². The zero-order chi connectivity index (χ0) is 15.6. The number of halogens is 3. The fraction of sp³-hybridized carbons (Fsp3) is 0.833. The van der Waals surface area contributed by atoms with E-state index in [-0.39, 0.29) is 26.2 Å². The van der Waals surface area contributed by atoms with Gasteiger partial charge in [0.25, 0.3) is 0 Å². The van der Waals surface area contributed by atoms with Gasteiger partial charge in [-0.1, -0.05) is 0 Å². The van der Waals surface area contributed by atoms with Crippen LogP contribution in [0.2, 0.25) is 0 Å². The SMILES string of the molecule is CC(C)(C)OC(=O)N1CCN(C(=O)CC(F)(F)F)CC1. The van der Waals surface area contributed by atoms with Crippen molar-refractivity contribution < 1.29 is 27.5 Å². The van der Waals surface area contributed by atoms with E-state index < -0.39 is 30.2 Å². The van der Waals surface area contributed by atoms with Crippen LogP contribution in [-0.4, -0.2) is 59.8 Å². The highest BCUT2D eigenvalue weighted by molar-refractivity contribution is 5.77. The molecule has 116 valence electrons. The molecule has 0 N–H and O–H groups in total. The number of hydrogen-bond acceptors (Lipinski definition) is 3. The molecule has 1 fully saturated rings. The molecule has 8 heteroatoms. The van der Waals surface area contributed by atoms with E-state index in [1.807, 2.05) is 0 Å². The van der Waals surface area contributed by atoms with E-state index in [4.69, 9.17) is 4.74 Å². The lowest BCUT2D eigenvalue weighted by atomic mass is 10.2. The number of nitrogens with zero attached hydrogens (tertiary/aromatic N) is 2. The van der Waals surface area contributed by atoms with E-state index in [9.17, 15) is 22.8 Å². The van der Waals surface area contributed by atoms with Crippen LogP contribution in [0.1, 0.15) is 27.2 Å². The van der Waals surface area contributed by atoms with Gasteiger partial charge in [-0.3, -0.25) is 4.79 Å². The minimum absolute atomic E-state index is 0.0914. The summed E-state index contributed by atoms with van der Waals surface area (Å²) in [4.78, 5) is 25.6. The minimum atomic E-state index is -4.50. The van der Waals surface area contributed by atoms with Gasteiger partial charge in [0.1, 0.15) is 12.0 Å². The van der Waals surface area contributed by atoms with Crippen molar-refractivity contribution >= 4 is 12.0 Å². The molecule has 2 amide bonds. The first-order valence-electron chi connectivity index (χ1n) is 6.30. The predicted octanol–water partition coefficient (Wildman–Crippen LogP) is 2.02. The number of carbonyl (C=O) groups is 2. The highest BCUT2D eigenvalue weighted by atomic mass is 19.4. The van der Waals surface area contributed by atoms with Crippen LogP contribution in [0, 0.1) is 0 Å². The van der Waals surface area contributed by atoms with Crippen molar-refractivity contribution in [2.75, 3.05) is 26.2 Å². The van der Waals surface area contributed by atoms with Crippen LogP contribution in [0.5, 0.6) is 0 Å². The molecule has 0 aliphatic carbocycles. The summed E-state index contributed by atoms with van der Waals surface area (Å²) in [7, 11) is 0. The number of rotatable bonds is 1. The Kier molecular flexibility index (Phi) is 4.88. The number of alkyl halides is 3. The van der Waals surface area contributed by atoms with Crippen LogP contribution < -0.4 is 0 Å². The molecule has 0 spiro atoms. The third-order valence-corrected chi connectivity index (χ3v) is 2.64. The Morgan fingerprint density at radius 1 is 1.00 bits per heavy atom. The second-order valence-electron chi connectivity index (χ2n) is 5.64. The molecule has 1 aliphatic heterocycles. The van der Waals surface area contributed by atoms with Gasteiger partial charge in [-0.2, -0.15) is 13.2 Å². The lowest BCUT2D eigenvalue weighted by Gasteiger charge is -2.35. The van der Waals surface area contributed by atoms with E-state index in [1.165, 1.54) is 4.90 Å². The minimum Gasteiger partial charge on any atom is -0.444 e. The largest absolute Gasteiger partial charge is 0.444 e. The summed E-state index contributed by atoms with van der Waals surface area (Å²) >= 11 is 0. The van der Waals surface area contributed by atoms with Gasteiger partial charge < -0.3 is 14.5 Å². The van der Waals surface area contributed by atoms with Crippen molar-refractivity contribution in [3.05, 3.63) is 0 Å². The zero-order valence-corrected chi connectivity index (χ0v) is 11.8. The summed E-state index contributed by atoms with van der Waals surface area (Å²) in [6.45, 7) is 5.73. The quantitative estimate of drug-likeness (QED) is 0.744. The van der Waals surface area contributed by atoms with E-state index in [0.717, 1.165) is 4.90 Å². The lowest BCUT2D eigenvalue weighted by molar-refractivity contribution is -0.162. The highest BCUT2D eigenvalue weighted by Gasteiger charge is 2.35. The maximum Gasteiger partial charge on any atom is 0.410 e. The topological polar surface area (TPSA) is 49.9 Å². The molecule has 0 radical (unpaired) electrons. The third-order valence-electron chi connectivity index (χ3n) is 2.64. The fourth-order valence-corrected chi connectivity index (χ4v) is 1.75. The summed E-state index contributed by atoms with van der Waals surface area (Å²) in [5, 5.41) is 0. The van der Waals surface area contributed by atoms with Gasteiger partial charge in [0.2, 0.25) is 5.91 Å². The summed E-state index contributed by atoms with van der Waals surface area (Å²) in [6.07, 6.45) is -6.47. The molecule has 20 heavy (non-hydrogen) atoms. The van der Waals surface area contributed by atoms with Crippen molar-refractivity contribution in [3.8, 4) is 0 Å². The molecule has 0 aromatic rings. The first kappa shape index (κ1) is 16.6. The highest BCUT2D eigenvalue weighted by Crippen LogP contribution is 2.21. The Bertz CT molecular complexity index is 333. The van der Waals surface area contributed by atoms with Gasteiger partial charge in [0.15, 0.2) is 0 Å². The van der Waals surface area contributed by atoms with Crippen molar-refractivity contribution in [2.24, 2.45) is 0 Å². The molecular weight excluding hydrogens is 277 g/mol. The van der Waals surface area contributed by atoms with Crippen molar-refractivity contribution in [1.29, 1.82) is 0 Å². The number of ether oxygens (including phenoxy) is 1. The molecule has 1 aliphatic rings. The van der Waals surface area contributed by atoms with Crippen molar-refractivity contribution in [2.45, 2.75) is 39.0 Å². The molecule has 1 saturated heterocycles. The maximum absolute atomic E-state index is 12.1. The van der Waals surface area contributed by atoms with Gasteiger partial charge in [0, 0.05) is 26.2 Å². The first-order chi connectivity index (χ1) is 8.98. The Morgan fingerprint density at radius 3 is 1.85 bits per heavy atom. The first-order valence-corrected chi connectivity index (χ1v) is 6.30. The second-order valence-corrected chi connectivity index (χ2v) is 5.64. The molecule has 0 atom stereocenters. The number of piperazine rings is 1. The summed E-state index contributed by atoms with van der Waals surface area (Å²) in [5.41, 5.74) is -0.625. The van der Waals surface area contributed by atoms with Crippen LogP contribution in [-0.2, 0) is 9.53 Å². The number of hydrogen-bond donors (Lipinski definition) is 0. The third kappa shape index (κ3) is 5.66. The molecule has 0 saturated carbocycles. The monoisotopic (exact) mass is 296 g/mol. The van der Waals surface area contributed by atoms with Gasteiger partial charge >= 0.3 is 12.3 Å². The van der Waals surface area contributed by atoms with Crippen LogP contribution >= 0.6 is 0 Å². The molecule has 5 nitrogen and oxygen atoms in total. The van der Waals surface area contributed by atoms with Gasteiger partial charge in [-0.15, -0.1) is 0 Å². The summed E-state index contributed by atoms with van der Waals surface area (Å²) in [6, 6.07) is 0. The maximum atomic E-state index is 12.1. The Hall–Kier alpha value is -1.47. The lowest BCUT2D eigenvalue weighted by Crippen LogP contribution is -2.52. The average Bonchev–Trinajstić information content (AvgIpc) is 2.24. The molecule has 0 unspecified atom stereocenters. The Morgan fingerprint density at radius 2 is 1.45 bits per heavy atom. The molecule has 1 heterocycles. The second kappa shape index (κ2) is 5.88. The molecule has 1 rings (SSSR count). The Labute approximate surface area is 115 Å².